The first-order chi connectivity index (χ1) is 10.5. The van der Waals surface area contributed by atoms with Crippen LogP contribution in [0.25, 0.3) is 0 Å². The highest BCUT2D eigenvalue weighted by Gasteiger charge is 2.18. The van der Waals surface area contributed by atoms with E-state index in [-0.39, 0.29) is 6.04 Å². The van der Waals surface area contributed by atoms with E-state index in [4.69, 9.17) is 10.5 Å². The van der Waals surface area contributed by atoms with Crippen molar-refractivity contribution in [3.8, 4) is 5.75 Å². The topological polar surface area (TPSA) is 84.6 Å². The molecular formula is C17H28N2O3. The molecule has 0 saturated heterocycles. The van der Waals surface area contributed by atoms with Crippen LogP contribution in [-0.2, 0) is 11.2 Å². The van der Waals surface area contributed by atoms with E-state index in [0.29, 0.717) is 24.5 Å². The van der Waals surface area contributed by atoms with Crippen LogP contribution in [0.3, 0.4) is 0 Å². The largest absolute Gasteiger partial charge is 0.491 e. The van der Waals surface area contributed by atoms with E-state index < -0.39 is 12.0 Å². The van der Waals surface area contributed by atoms with Crippen LogP contribution in [0.2, 0.25) is 0 Å². The smallest absolute Gasteiger partial charge is 0.320 e. The number of carbonyl (C=O) groups is 1. The summed E-state index contributed by atoms with van der Waals surface area (Å²) >= 11 is 0. The van der Waals surface area contributed by atoms with Crippen molar-refractivity contribution in [1.82, 2.24) is 5.32 Å². The number of benzene rings is 1. The van der Waals surface area contributed by atoms with Gasteiger partial charge in [0.05, 0.1) is 12.3 Å². The summed E-state index contributed by atoms with van der Waals surface area (Å²) in [5.74, 6) is -0.0860. The van der Waals surface area contributed by atoms with Gasteiger partial charge < -0.3 is 20.9 Å². The number of aliphatic carboxylic acids is 1. The third kappa shape index (κ3) is 5.93. The Balaban J connectivity index is 2.62. The molecule has 124 valence electrons. The van der Waals surface area contributed by atoms with Gasteiger partial charge in [0.25, 0.3) is 0 Å². The van der Waals surface area contributed by atoms with E-state index in [1.165, 1.54) is 0 Å². The highest BCUT2D eigenvalue weighted by molar-refractivity contribution is 5.73. The van der Waals surface area contributed by atoms with Gasteiger partial charge in [-0.2, -0.15) is 0 Å². The van der Waals surface area contributed by atoms with Crippen LogP contribution in [0, 0.1) is 0 Å². The van der Waals surface area contributed by atoms with Gasteiger partial charge in [-0.05, 0) is 43.9 Å². The maximum Gasteiger partial charge on any atom is 0.320 e. The lowest BCUT2D eigenvalue weighted by Crippen LogP contribution is -2.42. The Morgan fingerprint density at radius 3 is 2.64 bits per heavy atom. The van der Waals surface area contributed by atoms with Crippen molar-refractivity contribution in [2.24, 2.45) is 0 Å². The van der Waals surface area contributed by atoms with Gasteiger partial charge in [-0.15, -0.1) is 0 Å². The van der Waals surface area contributed by atoms with Crippen molar-refractivity contribution in [1.29, 1.82) is 0 Å². The number of nitrogens with two attached hydrogens (primary N) is 1. The van der Waals surface area contributed by atoms with Crippen LogP contribution >= 0.6 is 0 Å². The van der Waals surface area contributed by atoms with Gasteiger partial charge in [0.2, 0.25) is 0 Å². The Hall–Kier alpha value is -1.75. The average Bonchev–Trinajstić information content (AvgIpc) is 2.46. The summed E-state index contributed by atoms with van der Waals surface area (Å²) in [7, 11) is 0. The normalized spacial score (nSPS) is 13.6. The standard InChI is InChI=1S/C17H28N2O3/c1-4-6-15(17(20)21)19-12(3)10-13-7-8-16(14(18)11-13)22-9-5-2/h7-8,11-12,15,19H,4-6,9-10,18H2,1-3H3,(H,20,21). The third-order valence-electron chi connectivity index (χ3n) is 3.44. The molecule has 2 atom stereocenters. The predicted octanol–water partition coefficient (Wildman–Crippen LogP) is 2.83. The fourth-order valence-corrected chi connectivity index (χ4v) is 2.39. The average molecular weight is 308 g/mol. The van der Waals surface area contributed by atoms with Gasteiger partial charge in [-0.25, -0.2) is 0 Å². The van der Waals surface area contributed by atoms with Crippen molar-refractivity contribution in [3.05, 3.63) is 23.8 Å². The molecule has 1 rings (SSSR count). The number of anilines is 1. The summed E-state index contributed by atoms with van der Waals surface area (Å²) in [6.07, 6.45) is 3.14. The van der Waals surface area contributed by atoms with Gasteiger partial charge in [0.1, 0.15) is 11.8 Å². The molecule has 0 bridgehead atoms. The van der Waals surface area contributed by atoms with Gasteiger partial charge in [0.15, 0.2) is 0 Å². The molecule has 0 radical (unpaired) electrons. The number of rotatable bonds is 10. The van der Waals surface area contributed by atoms with E-state index in [1.807, 2.05) is 39.0 Å². The molecule has 0 fully saturated rings. The number of hydrogen-bond donors (Lipinski definition) is 3. The number of carboxylic acid groups (broad SMARTS) is 1. The summed E-state index contributed by atoms with van der Waals surface area (Å²) in [5, 5.41) is 12.3. The lowest BCUT2D eigenvalue weighted by Gasteiger charge is -2.20. The molecule has 0 spiro atoms. The Morgan fingerprint density at radius 2 is 2.09 bits per heavy atom. The molecule has 5 heteroatoms. The molecule has 0 aromatic heterocycles. The fourth-order valence-electron chi connectivity index (χ4n) is 2.39. The van der Waals surface area contributed by atoms with Crippen LogP contribution in [-0.4, -0.2) is 29.8 Å². The van der Waals surface area contributed by atoms with Gasteiger partial charge >= 0.3 is 5.97 Å². The van der Waals surface area contributed by atoms with E-state index in [2.05, 4.69) is 5.32 Å². The number of nitrogen functional groups attached to an aromatic ring is 1. The molecule has 5 nitrogen and oxygen atoms in total. The Kier molecular flexibility index (Phi) is 7.74. The van der Waals surface area contributed by atoms with Crippen molar-refractivity contribution in [3.63, 3.8) is 0 Å². The molecule has 0 amide bonds. The minimum absolute atomic E-state index is 0.0643. The molecule has 1 aromatic rings. The number of nitrogens with one attached hydrogen (secondary N) is 1. The SMILES string of the molecule is CCCOc1ccc(CC(C)NC(CCC)C(=O)O)cc1N. The second-order valence-electron chi connectivity index (χ2n) is 5.67. The molecule has 0 saturated carbocycles. The molecule has 0 aliphatic rings. The summed E-state index contributed by atoms with van der Waals surface area (Å²) < 4.78 is 5.56. The maximum atomic E-state index is 11.2. The maximum absolute atomic E-state index is 11.2. The van der Waals surface area contributed by atoms with Gasteiger partial charge in [-0.1, -0.05) is 26.3 Å². The molecule has 22 heavy (non-hydrogen) atoms. The summed E-state index contributed by atoms with van der Waals surface area (Å²) in [5.41, 5.74) is 7.69. The lowest BCUT2D eigenvalue weighted by atomic mass is 10.0. The van der Waals surface area contributed by atoms with E-state index in [9.17, 15) is 9.90 Å². The molecule has 0 heterocycles. The highest BCUT2D eigenvalue weighted by atomic mass is 16.5. The zero-order chi connectivity index (χ0) is 16.5. The summed E-state index contributed by atoms with van der Waals surface area (Å²) in [6.45, 7) is 6.67. The number of carboxylic acids is 1. The van der Waals surface area contributed by atoms with Gasteiger partial charge in [0, 0.05) is 6.04 Å². The van der Waals surface area contributed by atoms with Crippen LogP contribution in [0.5, 0.6) is 5.75 Å². The van der Waals surface area contributed by atoms with Crippen LogP contribution in [0.4, 0.5) is 5.69 Å². The summed E-state index contributed by atoms with van der Waals surface area (Å²) in [4.78, 5) is 11.2. The van der Waals surface area contributed by atoms with E-state index in [0.717, 1.165) is 24.8 Å². The summed E-state index contributed by atoms with van der Waals surface area (Å²) in [6, 6.07) is 5.33. The first kappa shape index (κ1) is 18.3. The Bertz CT molecular complexity index is 477. The number of ether oxygens (including phenoxy) is 1. The zero-order valence-electron chi connectivity index (χ0n) is 13.8. The molecule has 4 N–H and O–H groups in total. The van der Waals surface area contributed by atoms with Crippen molar-refractivity contribution in [2.45, 2.75) is 58.5 Å². The fraction of sp³-hybridized carbons (Fsp3) is 0.588. The Morgan fingerprint density at radius 1 is 1.36 bits per heavy atom. The second kappa shape index (κ2) is 9.30. The quantitative estimate of drug-likeness (QED) is 0.579. The van der Waals surface area contributed by atoms with Crippen molar-refractivity contribution >= 4 is 11.7 Å². The lowest BCUT2D eigenvalue weighted by molar-refractivity contribution is -0.139. The zero-order valence-corrected chi connectivity index (χ0v) is 13.8. The monoisotopic (exact) mass is 308 g/mol. The Labute approximate surface area is 132 Å². The van der Waals surface area contributed by atoms with Crippen molar-refractivity contribution < 1.29 is 14.6 Å². The number of hydrogen-bond acceptors (Lipinski definition) is 4. The molecular weight excluding hydrogens is 280 g/mol. The second-order valence-corrected chi connectivity index (χ2v) is 5.67. The van der Waals surface area contributed by atoms with Crippen molar-refractivity contribution in [2.75, 3.05) is 12.3 Å². The van der Waals surface area contributed by atoms with Crippen LogP contribution < -0.4 is 15.8 Å². The van der Waals surface area contributed by atoms with Crippen LogP contribution in [0.1, 0.15) is 45.6 Å². The van der Waals surface area contributed by atoms with Gasteiger partial charge in [-0.3, -0.25) is 4.79 Å². The van der Waals surface area contributed by atoms with E-state index >= 15 is 0 Å². The minimum atomic E-state index is -0.795. The predicted molar refractivity (Wildman–Crippen MR) is 89.3 cm³/mol. The molecule has 1 aromatic carbocycles. The highest BCUT2D eigenvalue weighted by Crippen LogP contribution is 2.23. The first-order valence-corrected chi connectivity index (χ1v) is 7.97. The molecule has 0 aliphatic heterocycles. The third-order valence-corrected chi connectivity index (χ3v) is 3.44. The van der Waals surface area contributed by atoms with E-state index in [1.54, 1.807) is 0 Å². The molecule has 0 aliphatic carbocycles. The first-order valence-electron chi connectivity index (χ1n) is 7.97. The minimum Gasteiger partial charge on any atom is -0.491 e. The van der Waals surface area contributed by atoms with Crippen LogP contribution in [0.15, 0.2) is 18.2 Å². The molecule has 2 unspecified atom stereocenters.